The molecule has 0 aromatic heterocycles. The van der Waals surface area contributed by atoms with Crippen LogP contribution >= 0.6 is 0 Å². The standard InChI is InChI=1S/C12H27NO/c1-10(2)7-6-8-11(3)13-12(4)9-14-5/h10-13H,6-9H2,1-5H3. The summed E-state index contributed by atoms with van der Waals surface area (Å²) in [6.07, 6.45) is 3.93. The molecule has 14 heavy (non-hydrogen) atoms. The van der Waals surface area contributed by atoms with Gasteiger partial charge in [-0.3, -0.25) is 0 Å². The summed E-state index contributed by atoms with van der Waals surface area (Å²) in [5.41, 5.74) is 0. The van der Waals surface area contributed by atoms with Crippen molar-refractivity contribution in [3.63, 3.8) is 0 Å². The van der Waals surface area contributed by atoms with Gasteiger partial charge in [0.05, 0.1) is 6.61 Å². The van der Waals surface area contributed by atoms with Crippen molar-refractivity contribution in [2.75, 3.05) is 13.7 Å². The Morgan fingerprint density at radius 2 is 1.64 bits per heavy atom. The highest BCUT2D eigenvalue weighted by Gasteiger charge is 2.06. The number of rotatable bonds is 8. The predicted octanol–water partition coefficient (Wildman–Crippen LogP) is 2.83. The van der Waals surface area contributed by atoms with E-state index in [4.69, 9.17) is 4.74 Å². The molecule has 0 rings (SSSR count). The van der Waals surface area contributed by atoms with E-state index in [1.54, 1.807) is 7.11 Å². The van der Waals surface area contributed by atoms with Crippen molar-refractivity contribution in [2.45, 2.75) is 59.0 Å². The lowest BCUT2D eigenvalue weighted by molar-refractivity contribution is 0.166. The number of hydrogen-bond acceptors (Lipinski definition) is 2. The quantitative estimate of drug-likeness (QED) is 0.652. The highest BCUT2D eigenvalue weighted by atomic mass is 16.5. The molecule has 2 unspecified atom stereocenters. The number of hydrogen-bond donors (Lipinski definition) is 1. The molecule has 0 aliphatic rings. The Balaban J connectivity index is 3.39. The van der Waals surface area contributed by atoms with Crippen LogP contribution in [0.4, 0.5) is 0 Å². The van der Waals surface area contributed by atoms with Crippen molar-refractivity contribution < 1.29 is 4.74 Å². The Bertz CT molecular complexity index is 125. The highest BCUT2D eigenvalue weighted by Crippen LogP contribution is 2.08. The summed E-state index contributed by atoms with van der Waals surface area (Å²) >= 11 is 0. The minimum absolute atomic E-state index is 0.467. The third-order valence-electron chi connectivity index (χ3n) is 2.40. The molecule has 0 spiro atoms. The van der Waals surface area contributed by atoms with Crippen LogP contribution in [0, 0.1) is 5.92 Å². The van der Waals surface area contributed by atoms with Gasteiger partial charge < -0.3 is 10.1 Å². The van der Waals surface area contributed by atoms with Crippen molar-refractivity contribution in [3.8, 4) is 0 Å². The molecular formula is C12H27NO. The fourth-order valence-corrected chi connectivity index (χ4v) is 1.70. The molecule has 2 nitrogen and oxygen atoms in total. The lowest BCUT2D eigenvalue weighted by Gasteiger charge is -2.19. The largest absolute Gasteiger partial charge is 0.383 e. The zero-order valence-electron chi connectivity index (χ0n) is 10.5. The average Bonchev–Trinajstić information content (AvgIpc) is 2.03. The van der Waals surface area contributed by atoms with Crippen molar-refractivity contribution in [3.05, 3.63) is 0 Å². The third kappa shape index (κ3) is 8.52. The van der Waals surface area contributed by atoms with E-state index in [0.29, 0.717) is 12.1 Å². The van der Waals surface area contributed by atoms with Gasteiger partial charge in [0, 0.05) is 19.2 Å². The Hall–Kier alpha value is -0.0800. The second kappa shape index (κ2) is 8.25. The lowest BCUT2D eigenvalue weighted by atomic mass is 10.0. The summed E-state index contributed by atoms with van der Waals surface area (Å²) in [4.78, 5) is 0. The zero-order chi connectivity index (χ0) is 11.0. The lowest BCUT2D eigenvalue weighted by Crippen LogP contribution is -2.37. The first-order valence-corrected chi connectivity index (χ1v) is 5.81. The van der Waals surface area contributed by atoms with Gasteiger partial charge in [-0.15, -0.1) is 0 Å². The van der Waals surface area contributed by atoms with Crippen LogP contribution in [0.25, 0.3) is 0 Å². The number of methoxy groups -OCH3 is 1. The van der Waals surface area contributed by atoms with Gasteiger partial charge in [-0.25, -0.2) is 0 Å². The third-order valence-corrected chi connectivity index (χ3v) is 2.40. The molecule has 0 saturated carbocycles. The molecule has 0 aromatic carbocycles. The summed E-state index contributed by atoms with van der Waals surface area (Å²) in [5.74, 6) is 0.832. The second-order valence-electron chi connectivity index (χ2n) is 4.75. The van der Waals surface area contributed by atoms with E-state index in [9.17, 15) is 0 Å². The molecule has 0 aliphatic carbocycles. The summed E-state index contributed by atoms with van der Waals surface area (Å²) < 4.78 is 5.08. The molecule has 0 heterocycles. The maximum Gasteiger partial charge on any atom is 0.0613 e. The molecule has 1 N–H and O–H groups in total. The number of nitrogens with one attached hydrogen (secondary N) is 1. The van der Waals surface area contributed by atoms with Crippen molar-refractivity contribution in [2.24, 2.45) is 5.92 Å². The minimum atomic E-state index is 0.467. The maximum absolute atomic E-state index is 5.08. The highest BCUT2D eigenvalue weighted by molar-refractivity contribution is 4.67. The smallest absolute Gasteiger partial charge is 0.0613 e. The second-order valence-corrected chi connectivity index (χ2v) is 4.75. The van der Waals surface area contributed by atoms with Gasteiger partial charge in [-0.1, -0.05) is 26.7 Å². The van der Waals surface area contributed by atoms with Crippen LogP contribution in [-0.2, 0) is 4.74 Å². The normalized spacial score (nSPS) is 15.9. The van der Waals surface area contributed by atoms with E-state index in [1.807, 2.05) is 0 Å². The van der Waals surface area contributed by atoms with E-state index in [1.165, 1.54) is 19.3 Å². The van der Waals surface area contributed by atoms with Crippen molar-refractivity contribution >= 4 is 0 Å². The summed E-state index contributed by atoms with van der Waals surface area (Å²) in [7, 11) is 1.75. The first-order chi connectivity index (χ1) is 6.56. The van der Waals surface area contributed by atoms with Gasteiger partial charge in [0.15, 0.2) is 0 Å². The van der Waals surface area contributed by atoms with Crippen LogP contribution < -0.4 is 5.32 Å². The van der Waals surface area contributed by atoms with Gasteiger partial charge in [-0.2, -0.15) is 0 Å². The Kier molecular flexibility index (Phi) is 8.20. The SMILES string of the molecule is COCC(C)NC(C)CCCC(C)C. The minimum Gasteiger partial charge on any atom is -0.383 e. The zero-order valence-corrected chi connectivity index (χ0v) is 10.5. The Labute approximate surface area is 89.4 Å². The first-order valence-electron chi connectivity index (χ1n) is 5.81. The topological polar surface area (TPSA) is 21.3 Å². The van der Waals surface area contributed by atoms with Crippen LogP contribution in [0.5, 0.6) is 0 Å². The number of ether oxygens (including phenoxy) is 1. The fourth-order valence-electron chi connectivity index (χ4n) is 1.70. The van der Waals surface area contributed by atoms with E-state index < -0.39 is 0 Å². The Morgan fingerprint density at radius 3 is 2.14 bits per heavy atom. The molecule has 0 aliphatic heterocycles. The molecule has 86 valence electrons. The summed E-state index contributed by atoms with van der Waals surface area (Å²) in [6.45, 7) is 9.79. The molecule has 2 heteroatoms. The molecule has 0 amide bonds. The van der Waals surface area contributed by atoms with E-state index >= 15 is 0 Å². The first kappa shape index (κ1) is 13.9. The van der Waals surface area contributed by atoms with Gasteiger partial charge >= 0.3 is 0 Å². The molecule has 0 aromatic rings. The van der Waals surface area contributed by atoms with Crippen LogP contribution in [0.3, 0.4) is 0 Å². The van der Waals surface area contributed by atoms with Crippen molar-refractivity contribution in [1.82, 2.24) is 5.32 Å². The van der Waals surface area contributed by atoms with Crippen LogP contribution in [-0.4, -0.2) is 25.8 Å². The molecular weight excluding hydrogens is 174 g/mol. The predicted molar refractivity (Wildman–Crippen MR) is 62.6 cm³/mol. The Morgan fingerprint density at radius 1 is 1.00 bits per heavy atom. The van der Waals surface area contributed by atoms with E-state index in [-0.39, 0.29) is 0 Å². The average molecular weight is 201 g/mol. The molecule has 2 atom stereocenters. The molecule has 0 radical (unpaired) electrons. The van der Waals surface area contributed by atoms with Gasteiger partial charge in [-0.05, 0) is 26.2 Å². The maximum atomic E-state index is 5.08. The van der Waals surface area contributed by atoms with Crippen LogP contribution in [0.15, 0.2) is 0 Å². The monoisotopic (exact) mass is 201 g/mol. The van der Waals surface area contributed by atoms with Gasteiger partial charge in [0.2, 0.25) is 0 Å². The fraction of sp³-hybridized carbons (Fsp3) is 1.00. The van der Waals surface area contributed by atoms with E-state index in [0.717, 1.165) is 12.5 Å². The molecule has 0 bridgehead atoms. The van der Waals surface area contributed by atoms with Crippen molar-refractivity contribution in [1.29, 1.82) is 0 Å². The van der Waals surface area contributed by atoms with Crippen LogP contribution in [0.1, 0.15) is 47.0 Å². The molecule has 0 saturated heterocycles. The molecule has 0 fully saturated rings. The van der Waals surface area contributed by atoms with Gasteiger partial charge in [0.1, 0.15) is 0 Å². The van der Waals surface area contributed by atoms with Crippen LogP contribution in [0.2, 0.25) is 0 Å². The van der Waals surface area contributed by atoms with Gasteiger partial charge in [0.25, 0.3) is 0 Å². The summed E-state index contributed by atoms with van der Waals surface area (Å²) in [5, 5.41) is 3.53. The van der Waals surface area contributed by atoms with E-state index in [2.05, 4.69) is 33.0 Å². The summed E-state index contributed by atoms with van der Waals surface area (Å²) in [6, 6.07) is 1.08.